The lowest BCUT2D eigenvalue weighted by Crippen LogP contribution is -2.45. The Morgan fingerprint density at radius 2 is 2.05 bits per heavy atom. The van der Waals surface area contributed by atoms with Crippen molar-refractivity contribution in [2.45, 2.75) is 58.6 Å². The predicted molar refractivity (Wildman–Crippen MR) is 72.0 cm³/mol. The lowest BCUT2D eigenvalue weighted by atomic mass is 10.1. The van der Waals surface area contributed by atoms with Gasteiger partial charge in [-0.3, -0.25) is 9.59 Å². The van der Waals surface area contributed by atoms with Gasteiger partial charge in [-0.15, -0.1) is 0 Å². The molecule has 0 aliphatic carbocycles. The Kier molecular flexibility index (Phi) is 5.14. The van der Waals surface area contributed by atoms with Crippen molar-refractivity contribution in [2.75, 3.05) is 6.54 Å². The Morgan fingerprint density at radius 1 is 1.45 bits per heavy atom. The smallest absolute Gasteiger partial charge is 0.329 e. The molecule has 1 saturated heterocycles. The molecule has 1 rings (SSSR count). The summed E-state index contributed by atoms with van der Waals surface area (Å²) in [6.07, 6.45) is 1.15. The normalized spacial score (nSPS) is 20.9. The molecule has 1 heterocycles. The molecular weight excluding hydrogens is 262 g/mol. The molecule has 114 valence electrons. The number of rotatable bonds is 5. The van der Waals surface area contributed by atoms with Crippen LogP contribution in [0.4, 0.5) is 0 Å². The summed E-state index contributed by atoms with van der Waals surface area (Å²) in [5, 5.41) is 8.99. The molecule has 1 aliphatic heterocycles. The number of carbonyl (C=O) groups excluding carboxylic acids is 2. The van der Waals surface area contributed by atoms with E-state index < -0.39 is 29.5 Å². The van der Waals surface area contributed by atoms with Gasteiger partial charge in [-0.25, -0.2) is 4.79 Å². The second kappa shape index (κ2) is 6.24. The van der Waals surface area contributed by atoms with Crippen LogP contribution in [0.15, 0.2) is 0 Å². The number of aliphatic carboxylic acids is 1. The zero-order chi connectivity index (χ0) is 15.5. The number of carboxylic acid groups (broad SMARTS) is 1. The van der Waals surface area contributed by atoms with E-state index in [4.69, 9.17) is 9.84 Å². The number of carboxylic acids is 1. The molecule has 1 fully saturated rings. The maximum Gasteiger partial charge on any atom is 0.329 e. The first-order valence-corrected chi connectivity index (χ1v) is 6.91. The van der Waals surface area contributed by atoms with Gasteiger partial charge in [-0.2, -0.15) is 0 Å². The van der Waals surface area contributed by atoms with E-state index in [1.807, 2.05) is 6.92 Å². The van der Waals surface area contributed by atoms with Crippen molar-refractivity contribution in [1.82, 2.24) is 4.90 Å². The molecular formula is C14H23NO5. The minimum atomic E-state index is -1.000. The molecule has 0 aromatic carbocycles. The van der Waals surface area contributed by atoms with Crippen LogP contribution >= 0.6 is 0 Å². The summed E-state index contributed by atoms with van der Waals surface area (Å²) in [5.74, 6) is -2.48. The van der Waals surface area contributed by atoms with Crippen molar-refractivity contribution >= 4 is 17.8 Å². The van der Waals surface area contributed by atoms with Crippen molar-refractivity contribution < 1.29 is 24.2 Å². The predicted octanol–water partition coefficient (Wildman–Crippen LogP) is 1.43. The maximum absolute atomic E-state index is 12.2. The van der Waals surface area contributed by atoms with Crippen LogP contribution in [0.1, 0.15) is 47.0 Å². The van der Waals surface area contributed by atoms with Gasteiger partial charge in [-0.1, -0.05) is 13.3 Å². The van der Waals surface area contributed by atoms with E-state index >= 15 is 0 Å². The third-order valence-electron chi connectivity index (χ3n) is 3.12. The summed E-state index contributed by atoms with van der Waals surface area (Å²) in [5.41, 5.74) is -0.627. The highest BCUT2D eigenvalue weighted by Crippen LogP contribution is 2.24. The first-order valence-electron chi connectivity index (χ1n) is 6.91. The fourth-order valence-electron chi connectivity index (χ4n) is 2.24. The van der Waals surface area contributed by atoms with Crippen molar-refractivity contribution in [3.05, 3.63) is 0 Å². The molecule has 1 aliphatic rings. The molecule has 0 aromatic heterocycles. The summed E-state index contributed by atoms with van der Waals surface area (Å²) in [6, 6.07) is -0.684. The van der Waals surface area contributed by atoms with Crippen molar-refractivity contribution in [3.8, 4) is 0 Å². The van der Waals surface area contributed by atoms with Gasteiger partial charge in [0.1, 0.15) is 11.6 Å². The van der Waals surface area contributed by atoms with Gasteiger partial charge >= 0.3 is 11.9 Å². The van der Waals surface area contributed by atoms with E-state index in [0.29, 0.717) is 12.8 Å². The van der Waals surface area contributed by atoms with Crippen LogP contribution in [-0.2, 0) is 19.1 Å². The lowest BCUT2D eigenvalue weighted by Gasteiger charge is -2.29. The number of likely N-dealkylation sites (tertiary alicyclic amines) is 1. The summed E-state index contributed by atoms with van der Waals surface area (Å²) in [6.45, 7) is 7.28. The number of carbonyl (C=O) groups is 3. The second-order valence-corrected chi connectivity index (χ2v) is 6.12. The van der Waals surface area contributed by atoms with Crippen LogP contribution in [0.25, 0.3) is 0 Å². The fraction of sp³-hybridized carbons (Fsp3) is 0.786. The van der Waals surface area contributed by atoms with Crippen molar-refractivity contribution in [1.29, 1.82) is 0 Å². The topological polar surface area (TPSA) is 83.9 Å². The number of hydrogen-bond donors (Lipinski definition) is 1. The average Bonchev–Trinajstić information content (AvgIpc) is 2.65. The summed E-state index contributed by atoms with van der Waals surface area (Å²) in [7, 11) is 0. The number of hydrogen-bond acceptors (Lipinski definition) is 4. The van der Waals surface area contributed by atoms with Crippen LogP contribution in [-0.4, -0.2) is 46.0 Å². The monoisotopic (exact) mass is 285 g/mol. The number of nitrogens with zero attached hydrogens (tertiary/aromatic N) is 1. The Balaban J connectivity index is 2.83. The average molecular weight is 285 g/mol. The van der Waals surface area contributed by atoms with E-state index in [1.165, 1.54) is 4.90 Å². The van der Waals surface area contributed by atoms with Crippen LogP contribution in [0.5, 0.6) is 0 Å². The summed E-state index contributed by atoms with van der Waals surface area (Å²) in [4.78, 5) is 36.5. The van der Waals surface area contributed by atoms with E-state index in [-0.39, 0.29) is 18.9 Å². The second-order valence-electron chi connectivity index (χ2n) is 6.12. The Labute approximate surface area is 119 Å². The summed E-state index contributed by atoms with van der Waals surface area (Å²) >= 11 is 0. The Morgan fingerprint density at radius 3 is 2.45 bits per heavy atom. The molecule has 0 bridgehead atoms. The molecule has 0 spiro atoms. The van der Waals surface area contributed by atoms with E-state index in [9.17, 15) is 14.4 Å². The zero-order valence-corrected chi connectivity index (χ0v) is 12.5. The van der Waals surface area contributed by atoms with Crippen molar-refractivity contribution in [3.63, 3.8) is 0 Å². The highest BCUT2D eigenvalue weighted by molar-refractivity contribution is 5.90. The molecule has 1 amide bonds. The first kappa shape index (κ1) is 16.5. The number of esters is 1. The third-order valence-corrected chi connectivity index (χ3v) is 3.12. The van der Waals surface area contributed by atoms with Crippen LogP contribution in [0, 0.1) is 5.92 Å². The third kappa shape index (κ3) is 4.21. The highest BCUT2D eigenvalue weighted by atomic mass is 16.6. The number of ether oxygens (including phenoxy) is 1. The Bertz CT molecular complexity index is 399. The van der Waals surface area contributed by atoms with Gasteiger partial charge in [0, 0.05) is 13.0 Å². The molecule has 2 atom stereocenters. The highest BCUT2D eigenvalue weighted by Gasteiger charge is 2.41. The van der Waals surface area contributed by atoms with Gasteiger partial charge in [0.2, 0.25) is 5.91 Å². The molecule has 6 heteroatoms. The molecule has 6 nitrogen and oxygen atoms in total. The van der Waals surface area contributed by atoms with Crippen LogP contribution in [0.2, 0.25) is 0 Å². The Hall–Kier alpha value is -1.59. The van der Waals surface area contributed by atoms with Gasteiger partial charge in [-0.05, 0) is 27.2 Å². The summed E-state index contributed by atoms with van der Waals surface area (Å²) < 4.78 is 5.33. The van der Waals surface area contributed by atoms with E-state index in [2.05, 4.69) is 0 Å². The van der Waals surface area contributed by atoms with E-state index in [0.717, 1.165) is 0 Å². The molecule has 0 radical (unpaired) electrons. The molecule has 20 heavy (non-hydrogen) atoms. The molecule has 0 saturated carbocycles. The largest absolute Gasteiger partial charge is 0.481 e. The van der Waals surface area contributed by atoms with Gasteiger partial charge in [0.05, 0.1) is 5.92 Å². The minimum Gasteiger partial charge on any atom is -0.481 e. The lowest BCUT2D eigenvalue weighted by molar-refractivity contribution is -0.164. The minimum absolute atomic E-state index is 0.0433. The van der Waals surface area contributed by atoms with Crippen LogP contribution in [0.3, 0.4) is 0 Å². The van der Waals surface area contributed by atoms with Gasteiger partial charge < -0.3 is 14.7 Å². The fourth-order valence-corrected chi connectivity index (χ4v) is 2.24. The standard InChI is InChI=1S/C14H23NO5/c1-5-6-10(13(19)20-14(2,3)4)15-8-9(12(17)18)7-11(15)16/h9-10H,5-8H2,1-4H3,(H,17,18). The first-order chi connectivity index (χ1) is 9.15. The maximum atomic E-state index is 12.2. The molecule has 1 N–H and O–H groups in total. The van der Waals surface area contributed by atoms with E-state index in [1.54, 1.807) is 20.8 Å². The SMILES string of the molecule is CCCC(C(=O)OC(C)(C)C)N1CC(C(=O)O)CC1=O. The van der Waals surface area contributed by atoms with Crippen LogP contribution < -0.4 is 0 Å². The zero-order valence-electron chi connectivity index (χ0n) is 12.5. The van der Waals surface area contributed by atoms with Gasteiger partial charge in [0.15, 0.2) is 0 Å². The molecule has 0 aromatic rings. The molecule has 2 unspecified atom stereocenters. The number of amides is 1. The van der Waals surface area contributed by atoms with Crippen molar-refractivity contribution in [2.24, 2.45) is 5.92 Å². The quantitative estimate of drug-likeness (QED) is 0.772. The van der Waals surface area contributed by atoms with Gasteiger partial charge in [0.25, 0.3) is 0 Å².